The molecule has 0 saturated carbocycles. The summed E-state index contributed by atoms with van der Waals surface area (Å²) in [7, 11) is -2.51. The van der Waals surface area contributed by atoms with E-state index in [0.717, 1.165) is 36.4 Å². The zero-order valence-corrected chi connectivity index (χ0v) is 30.1. The Labute approximate surface area is 263 Å². The van der Waals surface area contributed by atoms with Crippen molar-refractivity contribution in [1.29, 1.82) is 0 Å². The van der Waals surface area contributed by atoms with Crippen molar-refractivity contribution in [2.45, 2.75) is 96.5 Å². The number of ether oxygens (including phenoxy) is 3. The molecule has 1 amide bonds. The molecule has 0 aromatic carbocycles. The van der Waals surface area contributed by atoms with Crippen LogP contribution in [0.3, 0.4) is 0 Å². The first-order valence-corrected chi connectivity index (χ1v) is 23.0. The fraction of sp³-hybridized carbons (Fsp3) is 0.700. The maximum Gasteiger partial charge on any atom is 0.410 e. The van der Waals surface area contributed by atoms with Crippen LogP contribution in [0.25, 0.3) is 17.0 Å². The summed E-state index contributed by atoms with van der Waals surface area (Å²) in [5, 5.41) is 8.77. The Balaban J connectivity index is 1.69. The normalized spacial score (nSPS) is 16.5. The SMILES string of the molecule is CC(C)(C)OC(=O)N1CCCC(c2cc(N(COCC[Si](C)(C)C)COCC[Si](C)(C)C)n3ncc(-c4ncon4)c3n2)C1. The lowest BCUT2D eigenvalue weighted by atomic mass is 9.94. The lowest BCUT2D eigenvalue weighted by Crippen LogP contribution is -2.42. The highest BCUT2D eigenvalue weighted by atomic mass is 28.3. The van der Waals surface area contributed by atoms with Crippen molar-refractivity contribution in [3.8, 4) is 11.4 Å². The number of anilines is 1. The summed E-state index contributed by atoms with van der Waals surface area (Å²) in [6, 6.07) is 4.20. The van der Waals surface area contributed by atoms with Gasteiger partial charge in [0.15, 0.2) is 5.65 Å². The molecule has 1 atom stereocenters. The van der Waals surface area contributed by atoms with Gasteiger partial charge in [0.05, 0.1) is 17.5 Å². The smallest absolute Gasteiger partial charge is 0.410 e. The van der Waals surface area contributed by atoms with Gasteiger partial charge in [-0.15, -0.1) is 0 Å². The van der Waals surface area contributed by atoms with Gasteiger partial charge in [-0.2, -0.15) is 14.6 Å². The van der Waals surface area contributed by atoms with Crippen LogP contribution in [-0.2, 0) is 14.2 Å². The van der Waals surface area contributed by atoms with Crippen LogP contribution in [0.2, 0.25) is 51.4 Å². The van der Waals surface area contributed by atoms with Crippen LogP contribution >= 0.6 is 0 Å². The molecule has 0 N–H and O–H groups in total. The van der Waals surface area contributed by atoms with E-state index < -0.39 is 21.7 Å². The molecule has 3 aromatic heterocycles. The molecule has 0 bridgehead atoms. The van der Waals surface area contributed by atoms with E-state index in [0.29, 0.717) is 56.8 Å². The predicted molar refractivity (Wildman–Crippen MR) is 176 cm³/mol. The number of nitrogens with zero attached hydrogens (tertiary/aromatic N) is 7. The number of hydrogen-bond donors (Lipinski definition) is 0. The highest BCUT2D eigenvalue weighted by Gasteiger charge is 2.31. The third-order valence-electron chi connectivity index (χ3n) is 7.38. The zero-order valence-electron chi connectivity index (χ0n) is 28.1. The standard InChI is InChI=1S/C30H51N7O5Si2/c1-30(2,3)42-29(38)35-12-10-11-23(19-35)25-17-26(37-28(33-25)24(18-32-37)27-31-20-41-34-27)36(21-39-13-15-43(4,5)6)22-40-14-16-44(7,8)9/h17-18,20,23H,10-16,19,21-22H2,1-9H3. The molecule has 1 aliphatic heterocycles. The second-order valence-electron chi connectivity index (χ2n) is 15.1. The summed E-state index contributed by atoms with van der Waals surface area (Å²) in [5.41, 5.74) is 1.58. The van der Waals surface area contributed by atoms with Gasteiger partial charge in [-0.3, -0.25) is 0 Å². The third kappa shape index (κ3) is 9.84. The molecule has 1 fully saturated rings. The molecular formula is C30H51N7O5Si2. The van der Waals surface area contributed by atoms with Crippen LogP contribution < -0.4 is 4.90 Å². The Morgan fingerprint density at radius 2 is 1.73 bits per heavy atom. The lowest BCUT2D eigenvalue weighted by molar-refractivity contribution is 0.0197. The first-order chi connectivity index (χ1) is 20.6. The summed E-state index contributed by atoms with van der Waals surface area (Å²) in [6.07, 6.45) is 4.46. The minimum Gasteiger partial charge on any atom is -0.444 e. The van der Waals surface area contributed by atoms with E-state index in [9.17, 15) is 4.79 Å². The van der Waals surface area contributed by atoms with Gasteiger partial charge in [-0.05, 0) is 45.7 Å². The summed E-state index contributed by atoms with van der Waals surface area (Å²) in [6.45, 7) is 23.0. The van der Waals surface area contributed by atoms with E-state index in [1.54, 1.807) is 15.6 Å². The number of hydrogen-bond acceptors (Lipinski definition) is 10. The molecule has 3 aromatic rings. The number of amides is 1. The highest BCUT2D eigenvalue weighted by molar-refractivity contribution is 6.76. The molecule has 0 radical (unpaired) electrons. The van der Waals surface area contributed by atoms with Gasteiger partial charge in [0.2, 0.25) is 12.2 Å². The molecule has 244 valence electrons. The minimum absolute atomic E-state index is 0.00973. The van der Waals surface area contributed by atoms with Crippen LogP contribution in [0.15, 0.2) is 23.2 Å². The number of carbonyl (C=O) groups excluding carboxylic acids is 1. The van der Waals surface area contributed by atoms with Crippen molar-refractivity contribution >= 4 is 33.7 Å². The molecule has 1 unspecified atom stereocenters. The number of aromatic nitrogens is 5. The van der Waals surface area contributed by atoms with Gasteiger partial charge in [0.25, 0.3) is 0 Å². The third-order valence-corrected chi connectivity index (χ3v) is 10.8. The van der Waals surface area contributed by atoms with Gasteiger partial charge in [-0.1, -0.05) is 44.4 Å². The maximum atomic E-state index is 13.0. The molecule has 0 aliphatic carbocycles. The van der Waals surface area contributed by atoms with Crippen molar-refractivity contribution in [2.75, 3.05) is 44.7 Å². The van der Waals surface area contributed by atoms with E-state index >= 15 is 0 Å². The van der Waals surface area contributed by atoms with Gasteiger partial charge in [0, 0.05) is 54.4 Å². The lowest BCUT2D eigenvalue weighted by Gasteiger charge is -2.34. The van der Waals surface area contributed by atoms with Gasteiger partial charge < -0.3 is 28.5 Å². The van der Waals surface area contributed by atoms with E-state index in [-0.39, 0.29) is 12.0 Å². The number of fused-ring (bicyclic) bond motifs is 1. The maximum absolute atomic E-state index is 13.0. The fourth-order valence-electron chi connectivity index (χ4n) is 4.83. The predicted octanol–water partition coefficient (Wildman–Crippen LogP) is 6.32. The average Bonchev–Trinajstić information content (AvgIpc) is 3.60. The number of rotatable bonds is 13. The van der Waals surface area contributed by atoms with E-state index in [2.05, 4.69) is 60.4 Å². The van der Waals surface area contributed by atoms with Gasteiger partial charge in [0.1, 0.15) is 24.9 Å². The average molecular weight is 646 g/mol. The van der Waals surface area contributed by atoms with Crippen molar-refractivity contribution in [1.82, 2.24) is 29.6 Å². The molecule has 0 spiro atoms. The summed E-state index contributed by atoms with van der Waals surface area (Å²) in [5.74, 6) is 1.23. The fourth-order valence-corrected chi connectivity index (χ4v) is 6.35. The van der Waals surface area contributed by atoms with Crippen LogP contribution in [-0.4, -0.2) is 97.2 Å². The molecule has 4 heterocycles. The first kappa shape index (κ1) is 34.1. The number of likely N-dealkylation sites (tertiary alicyclic amines) is 1. The Morgan fingerprint density at radius 3 is 2.30 bits per heavy atom. The molecule has 14 heteroatoms. The summed E-state index contributed by atoms with van der Waals surface area (Å²) >= 11 is 0. The van der Waals surface area contributed by atoms with E-state index in [1.165, 1.54) is 6.39 Å². The van der Waals surface area contributed by atoms with Crippen LogP contribution in [0, 0.1) is 0 Å². The van der Waals surface area contributed by atoms with Gasteiger partial charge >= 0.3 is 6.09 Å². The van der Waals surface area contributed by atoms with Crippen LogP contribution in [0.1, 0.15) is 45.2 Å². The van der Waals surface area contributed by atoms with E-state index in [4.69, 9.17) is 28.8 Å². The van der Waals surface area contributed by atoms with Gasteiger partial charge in [-0.25, -0.2) is 9.78 Å². The zero-order chi connectivity index (χ0) is 32.1. The van der Waals surface area contributed by atoms with Crippen molar-refractivity contribution in [2.24, 2.45) is 0 Å². The van der Waals surface area contributed by atoms with E-state index in [1.807, 2.05) is 20.8 Å². The number of carbonyl (C=O) groups is 1. The Morgan fingerprint density at radius 1 is 1.07 bits per heavy atom. The second kappa shape index (κ2) is 14.1. The van der Waals surface area contributed by atoms with Crippen molar-refractivity contribution < 1.29 is 23.5 Å². The minimum atomic E-state index is -1.26. The largest absolute Gasteiger partial charge is 0.444 e. The summed E-state index contributed by atoms with van der Waals surface area (Å²) < 4.78 is 25.0. The molecule has 1 saturated heterocycles. The molecule has 12 nitrogen and oxygen atoms in total. The van der Waals surface area contributed by atoms with Crippen LogP contribution in [0.5, 0.6) is 0 Å². The van der Waals surface area contributed by atoms with Crippen molar-refractivity contribution in [3.05, 3.63) is 24.4 Å². The van der Waals surface area contributed by atoms with Crippen LogP contribution in [0.4, 0.5) is 10.6 Å². The van der Waals surface area contributed by atoms with Crippen molar-refractivity contribution in [3.63, 3.8) is 0 Å². The Hall–Kier alpha value is -2.82. The monoisotopic (exact) mass is 645 g/mol. The summed E-state index contributed by atoms with van der Waals surface area (Å²) in [4.78, 5) is 26.2. The molecule has 44 heavy (non-hydrogen) atoms. The Kier molecular flexibility index (Phi) is 10.9. The number of piperidine rings is 1. The topological polar surface area (TPSA) is 120 Å². The highest BCUT2D eigenvalue weighted by Crippen LogP contribution is 2.32. The molecule has 1 aliphatic rings. The first-order valence-electron chi connectivity index (χ1n) is 15.6. The molecular weight excluding hydrogens is 595 g/mol. The Bertz CT molecular complexity index is 1340. The quantitative estimate of drug-likeness (QED) is 0.119. The second-order valence-corrected chi connectivity index (χ2v) is 26.3. The molecule has 4 rings (SSSR count).